The lowest BCUT2D eigenvalue weighted by atomic mass is 10.0. The molecule has 110 valence electrons. The van der Waals surface area contributed by atoms with Crippen LogP contribution in [0.2, 0.25) is 0 Å². The number of hydrogen-bond donors (Lipinski definition) is 1. The molecule has 0 saturated heterocycles. The number of hydrogen-bond acceptors (Lipinski definition) is 2. The molecule has 1 aromatic heterocycles. The van der Waals surface area contributed by atoms with E-state index in [1.165, 1.54) is 44.2 Å². The van der Waals surface area contributed by atoms with Crippen molar-refractivity contribution in [1.29, 1.82) is 0 Å². The second kappa shape index (κ2) is 9.13. The van der Waals surface area contributed by atoms with E-state index in [9.17, 15) is 0 Å². The van der Waals surface area contributed by atoms with Crippen LogP contribution in [0.3, 0.4) is 0 Å². The molecule has 0 fully saturated rings. The van der Waals surface area contributed by atoms with E-state index in [1.54, 1.807) is 0 Å². The Morgan fingerprint density at radius 1 is 1.21 bits per heavy atom. The van der Waals surface area contributed by atoms with Crippen LogP contribution in [0.4, 0.5) is 0 Å². The predicted octanol–water partition coefficient (Wildman–Crippen LogP) is 3.70. The van der Waals surface area contributed by atoms with Crippen molar-refractivity contribution < 1.29 is 0 Å². The van der Waals surface area contributed by atoms with Crippen molar-refractivity contribution in [3.05, 3.63) is 17.5 Å². The van der Waals surface area contributed by atoms with E-state index < -0.39 is 0 Å². The van der Waals surface area contributed by atoms with Crippen molar-refractivity contribution in [2.45, 2.75) is 78.3 Å². The molecule has 0 aliphatic carbocycles. The number of nitrogens with zero attached hydrogens (tertiary/aromatic N) is 2. The summed E-state index contributed by atoms with van der Waals surface area (Å²) in [5, 5.41) is 7.99. The summed E-state index contributed by atoms with van der Waals surface area (Å²) in [6.45, 7) is 7.48. The molecule has 0 saturated carbocycles. The Morgan fingerprint density at radius 3 is 2.58 bits per heavy atom. The Bertz CT molecular complexity index is 344. The van der Waals surface area contributed by atoms with Gasteiger partial charge in [0.2, 0.25) is 0 Å². The quantitative estimate of drug-likeness (QED) is 0.654. The lowest BCUT2D eigenvalue weighted by Gasteiger charge is -2.16. The molecule has 1 rings (SSSR count). The molecule has 0 aromatic carbocycles. The van der Waals surface area contributed by atoms with E-state index in [1.807, 2.05) is 0 Å². The fraction of sp³-hybridized carbons (Fsp3) is 0.812. The summed E-state index contributed by atoms with van der Waals surface area (Å²) in [7, 11) is 2.08. The van der Waals surface area contributed by atoms with Gasteiger partial charge in [-0.15, -0.1) is 0 Å². The van der Waals surface area contributed by atoms with Crippen LogP contribution in [-0.4, -0.2) is 22.9 Å². The maximum absolute atomic E-state index is 4.53. The van der Waals surface area contributed by atoms with E-state index in [-0.39, 0.29) is 0 Å². The van der Waals surface area contributed by atoms with Gasteiger partial charge in [0.25, 0.3) is 0 Å². The fourth-order valence-electron chi connectivity index (χ4n) is 2.63. The number of nitrogens with one attached hydrogen (secondary N) is 1. The average molecular weight is 265 g/mol. The van der Waals surface area contributed by atoms with Crippen molar-refractivity contribution in [2.24, 2.45) is 0 Å². The third-order valence-corrected chi connectivity index (χ3v) is 3.80. The number of aryl methyl sites for hydroxylation is 2. The first-order valence-electron chi connectivity index (χ1n) is 7.91. The zero-order valence-electron chi connectivity index (χ0n) is 13.2. The van der Waals surface area contributed by atoms with E-state index in [2.05, 4.69) is 49.0 Å². The third-order valence-electron chi connectivity index (χ3n) is 3.80. The zero-order chi connectivity index (χ0) is 14.1. The van der Waals surface area contributed by atoms with Gasteiger partial charge in [-0.05, 0) is 33.4 Å². The van der Waals surface area contributed by atoms with E-state index >= 15 is 0 Å². The highest BCUT2D eigenvalue weighted by Crippen LogP contribution is 2.12. The molecule has 0 spiro atoms. The predicted molar refractivity (Wildman–Crippen MR) is 82.6 cm³/mol. The lowest BCUT2D eigenvalue weighted by Crippen LogP contribution is -2.28. The molecule has 0 aliphatic rings. The minimum Gasteiger partial charge on any atom is -0.317 e. The van der Waals surface area contributed by atoms with Crippen molar-refractivity contribution in [2.75, 3.05) is 7.05 Å². The van der Waals surface area contributed by atoms with Gasteiger partial charge in [0.15, 0.2) is 0 Å². The van der Waals surface area contributed by atoms with Gasteiger partial charge in [-0.25, -0.2) is 0 Å². The highest BCUT2D eigenvalue weighted by molar-refractivity contribution is 5.10. The molecule has 0 radical (unpaired) electrons. The smallest absolute Gasteiger partial charge is 0.0596 e. The van der Waals surface area contributed by atoms with Crippen LogP contribution in [0.5, 0.6) is 0 Å². The molecule has 1 heterocycles. The SMILES string of the molecule is CCCCCCCC(Cc1cc(C)nn1CC)NC. The Morgan fingerprint density at radius 2 is 1.95 bits per heavy atom. The van der Waals surface area contributed by atoms with Crippen LogP contribution in [0.15, 0.2) is 6.07 Å². The van der Waals surface area contributed by atoms with Crippen molar-refractivity contribution in [3.63, 3.8) is 0 Å². The van der Waals surface area contributed by atoms with Crippen molar-refractivity contribution >= 4 is 0 Å². The molecule has 3 heteroatoms. The van der Waals surface area contributed by atoms with Crippen LogP contribution in [-0.2, 0) is 13.0 Å². The fourth-order valence-corrected chi connectivity index (χ4v) is 2.63. The van der Waals surface area contributed by atoms with Crippen LogP contribution in [0, 0.1) is 6.92 Å². The minimum atomic E-state index is 0.586. The van der Waals surface area contributed by atoms with Crippen molar-refractivity contribution in [1.82, 2.24) is 15.1 Å². The van der Waals surface area contributed by atoms with Crippen LogP contribution in [0.1, 0.15) is 63.8 Å². The molecule has 1 atom stereocenters. The molecule has 1 N–H and O–H groups in total. The number of likely N-dealkylation sites (N-methyl/N-ethyl adjacent to an activating group) is 1. The first kappa shape index (κ1) is 16.2. The summed E-state index contributed by atoms with van der Waals surface area (Å²) in [5.41, 5.74) is 2.50. The van der Waals surface area contributed by atoms with Crippen LogP contribution < -0.4 is 5.32 Å². The van der Waals surface area contributed by atoms with Gasteiger partial charge in [-0.2, -0.15) is 5.10 Å². The number of aromatic nitrogens is 2. The van der Waals surface area contributed by atoms with Gasteiger partial charge < -0.3 is 5.32 Å². The second-order valence-electron chi connectivity index (χ2n) is 5.49. The molecule has 3 nitrogen and oxygen atoms in total. The second-order valence-corrected chi connectivity index (χ2v) is 5.49. The highest BCUT2D eigenvalue weighted by Gasteiger charge is 2.11. The monoisotopic (exact) mass is 265 g/mol. The topological polar surface area (TPSA) is 29.9 Å². The minimum absolute atomic E-state index is 0.586. The van der Waals surface area contributed by atoms with Gasteiger partial charge in [0, 0.05) is 24.7 Å². The first-order chi connectivity index (χ1) is 9.21. The summed E-state index contributed by atoms with van der Waals surface area (Å²) in [4.78, 5) is 0. The number of rotatable bonds is 10. The van der Waals surface area contributed by atoms with Gasteiger partial charge in [-0.1, -0.05) is 39.0 Å². The summed E-state index contributed by atoms with van der Waals surface area (Å²) in [5.74, 6) is 0. The van der Waals surface area contributed by atoms with Gasteiger partial charge in [-0.3, -0.25) is 4.68 Å². The standard InChI is InChI=1S/C16H31N3/c1-5-7-8-9-10-11-15(17-4)13-16-12-14(3)18-19(16)6-2/h12,15,17H,5-11,13H2,1-4H3. The third kappa shape index (κ3) is 5.77. The van der Waals surface area contributed by atoms with E-state index in [4.69, 9.17) is 0 Å². The first-order valence-corrected chi connectivity index (χ1v) is 7.91. The van der Waals surface area contributed by atoms with Gasteiger partial charge in [0.1, 0.15) is 0 Å². The molecular formula is C16H31N3. The number of unbranched alkanes of at least 4 members (excludes halogenated alkanes) is 4. The summed E-state index contributed by atoms with van der Waals surface area (Å²) in [6.07, 6.45) is 9.17. The lowest BCUT2D eigenvalue weighted by molar-refractivity contribution is 0.466. The maximum atomic E-state index is 4.53. The molecular weight excluding hydrogens is 234 g/mol. The maximum Gasteiger partial charge on any atom is 0.0596 e. The highest BCUT2D eigenvalue weighted by atomic mass is 15.3. The van der Waals surface area contributed by atoms with E-state index in [0.29, 0.717) is 6.04 Å². The van der Waals surface area contributed by atoms with Crippen LogP contribution in [0.25, 0.3) is 0 Å². The normalized spacial score (nSPS) is 12.8. The Labute approximate surface area is 118 Å². The van der Waals surface area contributed by atoms with Gasteiger partial charge >= 0.3 is 0 Å². The molecule has 0 bridgehead atoms. The summed E-state index contributed by atoms with van der Waals surface area (Å²) in [6, 6.07) is 2.81. The Balaban J connectivity index is 2.38. The zero-order valence-corrected chi connectivity index (χ0v) is 13.2. The Kier molecular flexibility index (Phi) is 7.80. The summed E-state index contributed by atoms with van der Waals surface area (Å²) < 4.78 is 2.14. The molecule has 19 heavy (non-hydrogen) atoms. The van der Waals surface area contributed by atoms with Gasteiger partial charge in [0.05, 0.1) is 5.69 Å². The largest absolute Gasteiger partial charge is 0.317 e. The van der Waals surface area contributed by atoms with Crippen LogP contribution >= 0.6 is 0 Å². The Hall–Kier alpha value is -0.830. The van der Waals surface area contributed by atoms with Crippen molar-refractivity contribution in [3.8, 4) is 0 Å². The summed E-state index contributed by atoms with van der Waals surface area (Å²) >= 11 is 0. The van der Waals surface area contributed by atoms with E-state index in [0.717, 1.165) is 18.7 Å². The molecule has 0 amide bonds. The average Bonchev–Trinajstić information content (AvgIpc) is 2.77. The molecule has 1 unspecified atom stereocenters. The molecule has 0 aliphatic heterocycles. The molecule has 1 aromatic rings.